The fourth-order valence-electron chi connectivity index (χ4n) is 3.83. The lowest BCUT2D eigenvalue weighted by Crippen LogP contribution is -2.36. The highest BCUT2D eigenvalue weighted by atomic mass is 127. The Morgan fingerprint density at radius 2 is 1.91 bits per heavy atom. The van der Waals surface area contributed by atoms with Crippen LogP contribution in [0.2, 0.25) is 0 Å². The van der Waals surface area contributed by atoms with Crippen LogP contribution in [0.25, 0.3) is 22.4 Å². The first-order valence-electron chi connectivity index (χ1n) is 10.4. The Bertz CT molecular complexity index is 1140. The van der Waals surface area contributed by atoms with E-state index in [2.05, 4.69) is 9.97 Å². The third-order valence-corrected chi connectivity index (χ3v) is 6.38. The minimum Gasteiger partial charge on any atom is -0.444 e. The minimum absolute atomic E-state index is 0.219. The number of hydrogen-bond donors (Lipinski definition) is 1. The van der Waals surface area contributed by atoms with E-state index in [9.17, 15) is 13.6 Å². The van der Waals surface area contributed by atoms with E-state index in [4.69, 9.17) is 4.74 Å². The fraction of sp³-hybridized carbons (Fsp3) is 0.333. The number of ether oxygens (including phenoxy) is 1. The van der Waals surface area contributed by atoms with Gasteiger partial charge >= 0.3 is 6.09 Å². The quantitative estimate of drug-likeness (QED) is 0.369. The molecule has 0 saturated carbocycles. The van der Waals surface area contributed by atoms with Crippen LogP contribution in [0.5, 0.6) is 0 Å². The lowest BCUT2D eigenvalue weighted by Gasteiger charge is -2.27. The normalized spacial score (nSPS) is 16.4. The smallest absolute Gasteiger partial charge is 0.410 e. The van der Waals surface area contributed by atoms with Gasteiger partial charge in [-0.3, -0.25) is 4.90 Å². The van der Waals surface area contributed by atoms with Gasteiger partial charge in [-0.05, 0) is 91.6 Å². The van der Waals surface area contributed by atoms with Gasteiger partial charge in [0.1, 0.15) is 23.1 Å². The fourth-order valence-corrected chi connectivity index (χ4v) is 4.45. The van der Waals surface area contributed by atoms with Crippen LogP contribution in [-0.4, -0.2) is 33.1 Å². The minimum atomic E-state index is -0.575. The van der Waals surface area contributed by atoms with E-state index in [0.717, 1.165) is 18.4 Å². The number of rotatable bonds is 3. The zero-order valence-electron chi connectivity index (χ0n) is 18.1. The summed E-state index contributed by atoms with van der Waals surface area (Å²) >= 11 is 1.96. The van der Waals surface area contributed by atoms with Gasteiger partial charge in [0.05, 0.1) is 21.5 Å². The maximum absolute atomic E-state index is 14.7. The summed E-state index contributed by atoms with van der Waals surface area (Å²) in [7, 11) is 0. The molecule has 1 amide bonds. The van der Waals surface area contributed by atoms with Crippen molar-refractivity contribution >= 4 is 28.7 Å². The molecular weight excluding hydrogens is 527 g/mol. The van der Waals surface area contributed by atoms with Crippen LogP contribution >= 0.6 is 22.6 Å². The molecule has 3 aromatic rings. The topological polar surface area (TPSA) is 58.2 Å². The Balaban J connectivity index is 1.64. The van der Waals surface area contributed by atoms with Crippen molar-refractivity contribution in [1.29, 1.82) is 0 Å². The number of nitrogens with one attached hydrogen (secondary N) is 1. The average Bonchev–Trinajstić information content (AvgIpc) is 3.38. The van der Waals surface area contributed by atoms with Crippen molar-refractivity contribution in [3.05, 3.63) is 63.6 Å². The standard InChI is InChI=1S/C24H24F2IN3O2/c1-24(2,3)32-23(31)30-10-4-5-20(30)22-28-13-19(29-22)15-11-17(21(27)18(26)12-15)14-6-8-16(25)9-7-14/h6-9,11-13,20H,4-5,10H2,1-3H3,(H,28,29). The van der Waals surface area contributed by atoms with Gasteiger partial charge in [-0.15, -0.1) is 0 Å². The summed E-state index contributed by atoms with van der Waals surface area (Å²) in [6, 6.07) is 9.06. The highest BCUT2D eigenvalue weighted by molar-refractivity contribution is 14.1. The summed E-state index contributed by atoms with van der Waals surface area (Å²) in [5.41, 5.74) is 2.10. The van der Waals surface area contributed by atoms with E-state index < -0.39 is 5.60 Å². The molecule has 5 nitrogen and oxygen atoms in total. The summed E-state index contributed by atoms with van der Waals surface area (Å²) in [5, 5.41) is 0. The second kappa shape index (κ2) is 8.80. The molecule has 1 unspecified atom stereocenters. The van der Waals surface area contributed by atoms with Crippen molar-refractivity contribution in [2.24, 2.45) is 0 Å². The van der Waals surface area contributed by atoms with Crippen LogP contribution in [0, 0.1) is 15.2 Å². The number of halogens is 3. The van der Waals surface area contributed by atoms with Gasteiger partial charge in [0.2, 0.25) is 0 Å². The number of imidazole rings is 1. The molecule has 1 atom stereocenters. The second-order valence-corrected chi connectivity index (χ2v) is 9.92. The molecule has 1 fully saturated rings. The van der Waals surface area contributed by atoms with Crippen molar-refractivity contribution < 1.29 is 18.3 Å². The molecule has 1 saturated heterocycles. The van der Waals surface area contributed by atoms with Crippen LogP contribution in [0.3, 0.4) is 0 Å². The number of H-pyrrole nitrogens is 1. The first-order valence-corrected chi connectivity index (χ1v) is 11.5. The molecule has 0 aliphatic carbocycles. The van der Waals surface area contributed by atoms with Gasteiger partial charge in [0, 0.05) is 12.1 Å². The molecule has 4 rings (SSSR count). The third kappa shape index (κ3) is 4.79. The Morgan fingerprint density at radius 3 is 2.59 bits per heavy atom. The first-order chi connectivity index (χ1) is 15.1. The zero-order chi connectivity index (χ0) is 23.0. The molecule has 168 valence electrons. The lowest BCUT2D eigenvalue weighted by atomic mass is 10.0. The van der Waals surface area contributed by atoms with Gasteiger partial charge in [-0.25, -0.2) is 18.6 Å². The maximum atomic E-state index is 14.7. The summed E-state index contributed by atoms with van der Waals surface area (Å²) in [6.45, 7) is 6.11. The highest BCUT2D eigenvalue weighted by Gasteiger charge is 2.34. The van der Waals surface area contributed by atoms with Crippen molar-refractivity contribution in [2.45, 2.75) is 45.3 Å². The molecule has 1 N–H and O–H groups in total. The molecular formula is C24H24F2IN3O2. The lowest BCUT2D eigenvalue weighted by molar-refractivity contribution is 0.0218. The number of nitrogens with zero attached hydrogens (tertiary/aromatic N) is 2. The van der Waals surface area contributed by atoms with E-state index >= 15 is 0 Å². The molecule has 1 aromatic heterocycles. The maximum Gasteiger partial charge on any atom is 0.410 e. The van der Waals surface area contributed by atoms with Crippen LogP contribution in [0.1, 0.15) is 45.5 Å². The summed E-state index contributed by atoms with van der Waals surface area (Å²) < 4.78 is 34.1. The number of aromatic nitrogens is 2. The second-order valence-electron chi connectivity index (χ2n) is 8.84. The number of likely N-dealkylation sites (tertiary alicyclic amines) is 1. The van der Waals surface area contributed by atoms with Crippen LogP contribution in [0.4, 0.5) is 13.6 Å². The average molecular weight is 551 g/mol. The molecule has 2 heterocycles. The number of hydrogen-bond acceptors (Lipinski definition) is 3. The summed E-state index contributed by atoms with van der Waals surface area (Å²) in [5.74, 6) is -0.0647. The zero-order valence-corrected chi connectivity index (χ0v) is 20.2. The predicted molar refractivity (Wildman–Crippen MR) is 127 cm³/mol. The molecule has 8 heteroatoms. The SMILES string of the molecule is CC(C)(C)OC(=O)N1CCCC1c1ncc(-c2cc(F)c(I)c(-c3ccc(F)cc3)c2)[nH]1. The van der Waals surface area contributed by atoms with E-state index in [-0.39, 0.29) is 23.8 Å². The third-order valence-electron chi connectivity index (χ3n) is 5.29. The number of benzene rings is 2. The van der Waals surface area contributed by atoms with Crippen LogP contribution < -0.4 is 0 Å². The van der Waals surface area contributed by atoms with Crippen molar-refractivity contribution in [2.75, 3.05) is 6.54 Å². The van der Waals surface area contributed by atoms with Crippen LogP contribution in [-0.2, 0) is 4.74 Å². The van der Waals surface area contributed by atoms with Gasteiger partial charge in [0.15, 0.2) is 0 Å². The number of amides is 1. The Hall–Kier alpha value is -2.49. The Kier molecular flexibility index (Phi) is 6.24. The molecule has 0 bridgehead atoms. The van der Waals surface area contributed by atoms with Gasteiger partial charge in [0.25, 0.3) is 0 Å². The molecule has 0 spiro atoms. The van der Waals surface area contributed by atoms with Crippen molar-refractivity contribution in [3.8, 4) is 22.4 Å². The van der Waals surface area contributed by atoms with E-state index in [0.29, 0.717) is 32.8 Å². The molecule has 1 aliphatic rings. The van der Waals surface area contributed by atoms with Gasteiger partial charge in [-0.2, -0.15) is 0 Å². The van der Waals surface area contributed by atoms with Crippen LogP contribution in [0.15, 0.2) is 42.6 Å². The monoisotopic (exact) mass is 551 g/mol. The Morgan fingerprint density at radius 1 is 1.19 bits per heavy atom. The largest absolute Gasteiger partial charge is 0.444 e. The van der Waals surface area contributed by atoms with E-state index in [1.807, 2.05) is 49.4 Å². The van der Waals surface area contributed by atoms with Gasteiger partial charge in [-0.1, -0.05) is 12.1 Å². The number of carbonyl (C=O) groups is 1. The van der Waals surface area contributed by atoms with Crippen molar-refractivity contribution in [1.82, 2.24) is 14.9 Å². The van der Waals surface area contributed by atoms with Gasteiger partial charge < -0.3 is 9.72 Å². The molecule has 32 heavy (non-hydrogen) atoms. The molecule has 2 aromatic carbocycles. The summed E-state index contributed by atoms with van der Waals surface area (Å²) in [6.07, 6.45) is 2.91. The number of carbonyl (C=O) groups excluding carboxylic acids is 1. The predicted octanol–water partition coefficient (Wildman–Crippen LogP) is 6.70. The first kappa shape index (κ1) is 22.7. The summed E-state index contributed by atoms with van der Waals surface area (Å²) in [4.78, 5) is 22.1. The Labute approximate surface area is 199 Å². The number of aromatic amines is 1. The van der Waals surface area contributed by atoms with E-state index in [1.54, 1.807) is 23.2 Å². The molecule has 0 radical (unpaired) electrons. The molecule has 1 aliphatic heterocycles. The van der Waals surface area contributed by atoms with Crippen molar-refractivity contribution in [3.63, 3.8) is 0 Å². The highest BCUT2D eigenvalue weighted by Crippen LogP contribution is 2.35. The van der Waals surface area contributed by atoms with E-state index in [1.165, 1.54) is 18.2 Å².